The summed E-state index contributed by atoms with van der Waals surface area (Å²) in [6, 6.07) is 3.84. The lowest BCUT2D eigenvalue weighted by Crippen LogP contribution is -2.35. The fourth-order valence-electron chi connectivity index (χ4n) is 1.81. The molecule has 1 N–H and O–H groups in total. The SMILES string of the molecule is CN1CCN=C1NCc1c(F)cccc1OC(F)F.I. The molecule has 4 nitrogen and oxygen atoms in total. The number of halogens is 4. The van der Waals surface area contributed by atoms with Crippen LogP contribution in [0.1, 0.15) is 5.56 Å². The molecular weight excluding hydrogens is 386 g/mol. The van der Waals surface area contributed by atoms with Crippen LogP contribution in [0.5, 0.6) is 5.75 Å². The maximum Gasteiger partial charge on any atom is 0.387 e. The molecule has 0 aliphatic carbocycles. The van der Waals surface area contributed by atoms with Gasteiger partial charge in [-0.1, -0.05) is 6.07 Å². The van der Waals surface area contributed by atoms with Crippen LogP contribution in [0, 0.1) is 5.82 Å². The number of nitrogens with one attached hydrogen (secondary N) is 1. The van der Waals surface area contributed by atoms with Crippen LogP contribution < -0.4 is 10.1 Å². The Morgan fingerprint density at radius 1 is 1.45 bits per heavy atom. The minimum Gasteiger partial charge on any atom is -0.434 e. The maximum atomic E-state index is 13.7. The number of ether oxygens (including phenoxy) is 1. The molecule has 0 unspecified atom stereocenters. The fourth-order valence-corrected chi connectivity index (χ4v) is 1.81. The van der Waals surface area contributed by atoms with Crippen molar-refractivity contribution in [2.24, 2.45) is 4.99 Å². The van der Waals surface area contributed by atoms with Gasteiger partial charge in [0.2, 0.25) is 0 Å². The van der Waals surface area contributed by atoms with Crippen molar-refractivity contribution in [1.82, 2.24) is 10.2 Å². The van der Waals surface area contributed by atoms with Gasteiger partial charge in [-0.3, -0.25) is 4.99 Å². The average Bonchev–Trinajstić information content (AvgIpc) is 2.73. The predicted octanol–water partition coefficient (Wildman–Crippen LogP) is 2.44. The number of hydrogen-bond acceptors (Lipinski definition) is 4. The molecule has 0 saturated carbocycles. The summed E-state index contributed by atoms with van der Waals surface area (Å²) in [6.07, 6.45) is 0. The van der Waals surface area contributed by atoms with Gasteiger partial charge in [0.05, 0.1) is 6.54 Å². The van der Waals surface area contributed by atoms with Crippen LogP contribution >= 0.6 is 24.0 Å². The fraction of sp³-hybridized carbons (Fsp3) is 0.417. The van der Waals surface area contributed by atoms with Crippen molar-refractivity contribution in [3.05, 3.63) is 29.6 Å². The summed E-state index contributed by atoms with van der Waals surface area (Å²) in [5.74, 6) is -0.137. The molecule has 1 aromatic rings. The number of alkyl halides is 2. The van der Waals surface area contributed by atoms with Gasteiger partial charge >= 0.3 is 6.61 Å². The zero-order valence-electron chi connectivity index (χ0n) is 10.8. The highest BCUT2D eigenvalue weighted by molar-refractivity contribution is 14.0. The van der Waals surface area contributed by atoms with E-state index in [0.717, 1.165) is 6.54 Å². The molecule has 20 heavy (non-hydrogen) atoms. The van der Waals surface area contributed by atoms with Crippen LogP contribution in [-0.2, 0) is 6.54 Å². The number of rotatable bonds is 4. The summed E-state index contributed by atoms with van der Waals surface area (Å²) in [5, 5.41) is 2.91. The Kier molecular flexibility index (Phi) is 6.37. The maximum absolute atomic E-state index is 13.7. The van der Waals surface area contributed by atoms with Crippen LogP contribution in [0.3, 0.4) is 0 Å². The van der Waals surface area contributed by atoms with Gasteiger partial charge < -0.3 is 15.0 Å². The quantitative estimate of drug-likeness (QED) is 0.788. The van der Waals surface area contributed by atoms with Crippen molar-refractivity contribution in [3.8, 4) is 5.75 Å². The number of aliphatic imine (C=N–C) groups is 1. The van der Waals surface area contributed by atoms with E-state index < -0.39 is 12.4 Å². The normalized spacial score (nSPS) is 14.1. The molecule has 0 fully saturated rings. The number of likely N-dealkylation sites (N-methyl/N-ethyl adjacent to an activating group) is 1. The molecule has 0 atom stereocenters. The number of guanidine groups is 1. The molecule has 112 valence electrons. The highest BCUT2D eigenvalue weighted by atomic mass is 127. The lowest BCUT2D eigenvalue weighted by atomic mass is 10.2. The zero-order chi connectivity index (χ0) is 13.8. The smallest absolute Gasteiger partial charge is 0.387 e. The van der Waals surface area contributed by atoms with Gasteiger partial charge in [0, 0.05) is 25.7 Å². The molecule has 1 aliphatic rings. The Hall–Kier alpha value is -1.19. The lowest BCUT2D eigenvalue weighted by molar-refractivity contribution is -0.0506. The summed E-state index contributed by atoms with van der Waals surface area (Å²) in [5.41, 5.74) is 0.0609. The highest BCUT2D eigenvalue weighted by Crippen LogP contribution is 2.23. The highest BCUT2D eigenvalue weighted by Gasteiger charge is 2.16. The molecule has 0 saturated heterocycles. The molecule has 8 heteroatoms. The van der Waals surface area contributed by atoms with Crippen LogP contribution in [-0.4, -0.2) is 37.6 Å². The Bertz CT molecular complexity index is 485. The molecule has 1 aromatic carbocycles. The lowest BCUT2D eigenvalue weighted by Gasteiger charge is -2.17. The first-order valence-corrected chi connectivity index (χ1v) is 5.79. The molecule has 0 aromatic heterocycles. The Morgan fingerprint density at radius 2 is 2.20 bits per heavy atom. The first-order valence-electron chi connectivity index (χ1n) is 5.79. The van der Waals surface area contributed by atoms with E-state index in [4.69, 9.17) is 0 Å². The van der Waals surface area contributed by atoms with Crippen molar-refractivity contribution in [3.63, 3.8) is 0 Å². The van der Waals surface area contributed by atoms with Gasteiger partial charge in [-0.15, -0.1) is 24.0 Å². The zero-order valence-corrected chi connectivity index (χ0v) is 13.1. The number of nitrogens with zero attached hydrogens (tertiary/aromatic N) is 2. The first-order chi connectivity index (χ1) is 9.08. The van der Waals surface area contributed by atoms with E-state index in [0.29, 0.717) is 12.5 Å². The minimum absolute atomic E-state index is 0. The monoisotopic (exact) mass is 401 g/mol. The van der Waals surface area contributed by atoms with Gasteiger partial charge in [0.15, 0.2) is 5.96 Å². The molecule has 0 radical (unpaired) electrons. The van der Waals surface area contributed by atoms with Crippen LogP contribution in [0.15, 0.2) is 23.2 Å². The molecule has 1 heterocycles. The van der Waals surface area contributed by atoms with Crippen molar-refractivity contribution in [1.29, 1.82) is 0 Å². The van der Waals surface area contributed by atoms with E-state index in [1.54, 1.807) is 0 Å². The van der Waals surface area contributed by atoms with Gasteiger partial charge in [-0.05, 0) is 12.1 Å². The second-order valence-corrected chi connectivity index (χ2v) is 4.08. The van der Waals surface area contributed by atoms with Crippen molar-refractivity contribution in [2.45, 2.75) is 13.2 Å². The van der Waals surface area contributed by atoms with E-state index in [9.17, 15) is 13.2 Å². The molecule has 0 amide bonds. The van der Waals surface area contributed by atoms with Crippen molar-refractivity contribution >= 4 is 29.9 Å². The van der Waals surface area contributed by atoms with Gasteiger partial charge in [-0.25, -0.2) is 4.39 Å². The van der Waals surface area contributed by atoms with Crippen LogP contribution in [0.25, 0.3) is 0 Å². The van der Waals surface area contributed by atoms with E-state index in [1.807, 2.05) is 11.9 Å². The number of benzene rings is 1. The van der Waals surface area contributed by atoms with E-state index >= 15 is 0 Å². The molecule has 0 bridgehead atoms. The molecule has 1 aliphatic heterocycles. The van der Waals surface area contributed by atoms with Crippen molar-refractivity contribution in [2.75, 3.05) is 20.1 Å². The average molecular weight is 401 g/mol. The van der Waals surface area contributed by atoms with Crippen molar-refractivity contribution < 1.29 is 17.9 Å². The van der Waals surface area contributed by atoms with Crippen LogP contribution in [0.2, 0.25) is 0 Å². The Labute approximate surface area is 132 Å². The largest absolute Gasteiger partial charge is 0.434 e. The summed E-state index contributed by atoms with van der Waals surface area (Å²) in [7, 11) is 1.84. The third kappa shape index (κ3) is 4.15. The van der Waals surface area contributed by atoms with E-state index in [-0.39, 0.29) is 41.8 Å². The molecular formula is C12H15F3IN3O. The van der Waals surface area contributed by atoms with E-state index in [2.05, 4.69) is 15.0 Å². The summed E-state index contributed by atoms with van der Waals surface area (Å²) >= 11 is 0. The third-order valence-electron chi connectivity index (χ3n) is 2.77. The number of hydrogen-bond donors (Lipinski definition) is 1. The summed E-state index contributed by atoms with van der Waals surface area (Å²) in [6.45, 7) is -1.50. The second kappa shape index (κ2) is 7.55. The Morgan fingerprint density at radius 3 is 2.80 bits per heavy atom. The van der Waals surface area contributed by atoms with Gasteiger partial charge in [0.25, 0.3) is 0 Å². The molecule has 0 spiro atoms. The first kappa shape index (κ1) is 16.9. The standard InChI is InChI=1S/C12H14F3N3O.HI/c1-18-6-5-16-12(18)17-7-8-9(13)3-2-4-10(8)19-11(14)15;/h2-4,11H,5-7H2,1H3,(H,16,17);1H. The second-order valence-electron chi connectivity index (χ2n) is 4.08. The van der Waals surface area contributed by atoms with Gasteiger partial charge in [-0.2, -0.15) is 8.78 Å². The van der Waals surface area contributed by atoms with Crippen LogP contribution in [0.4, 0.5) is 13.2 Å². The van der Waals surface area contributed by atoms with E-state index in [1.165, 1.54) is 18.2 Å². The predicted molar refractivity (Wildman–Crippen MR) is 80.2 cm³/mol. The Balaban J connectivity index is 0.00000200. The summed E-state index contributed by atoms with van der Waals surface area (Å²) < 4.78 is 42.4. The summed E-state index contributed by atoms with van der Waals surface area (Å²) in [4.78, 5) is 6.04. The molecule has 2 rings (SSSR count). The topological polar surface area (TPSA) is 36.9 Å². The third-order valence-corrected chi connectivity index (χ3v) is 2.77. The van der Waals surface area contributed by atoms with Gasteiger partial charge in [0.1, 0.15) is 11.6 Å². The minimum atomic E-state index is -2.98.